The topological polar surface area (TPSA) is 81.4 Å². The molecule has 0 aliphatic carbocycles. The lowest BCUT2D eigenvalue weighted by Crippen LogP contribution is -2.46. The van der Waals surface area contributed by atoms with Gasteiger partial charge in [-0.25, -0.2) is 4.79 Å². The Labute approximate surface area is 110 Å². The van der Waals surface area contributed by atoms with Gasteiger partial charge in [0.25, 0.3) is 5.91 Å². The summed E-state index contributed by atoms with van der Waals surface area (Å²) < 4.78 is 5.06. The third kappa shape index (κ3) is 4.03. The standard InChI is InChI=1S/C12H18N2O3S/c1-7(10(15)14-12(2,3)4)17-11(16)9-8(13)5-6-18-9/h5-7H,13H2,1-4H3,(H,14,15). The van der Waals surface area contributed by atoms with Crippen LogP contribution in [0.5, 0.6) is 0 Å². The van der Waals surface area contributed by atoms with E-state index in [2.05, 4.69) is 5.32 Å². The lowest BCUT2D eigenvalue weighted by atomic mass is 10.1. The summed E-state index contributed by atoms with van der Waals surface area (Å²) in [5.74, 6) is -0.898. The number of carbonyl (C=O) groups excluding carboxylic acids is 2. The van der Waals surface area contributed by atoms with Crippen molar-refractivity contribution >= 4 is 28.9 Å². The number of hydrogen-bond acceptors (Lipinski definition) is 5. The summed E-state index contributed by atoms with van der Waals surface area (Å²) in [6.45, 7) is 7.10. The van der Waals surface area contributed by atoms with E-state index in [0.29, 0.717) is 10.6 Å². The van der Waals surface area contributed by atoms with Gasteiger partial charge < -0.3 is 15.8 Å². The molecule has 0 saturated heterocycles. The maximum atomic E-state index is 11.7. The van der Waals surface area contributed by atoms with Gasteiger partial charge in [0.15, 0.2) is 6.10 Å². The van der Waals surface area contributed by atoms with E-state index < -0.39 is 12.1 Å². The van der Waals surface area contributed by atoms with E-state index in [9.17, 15) is 9.59 Å². The number of esters is 1. The third-order valence-corrected chi connectivity index (χ3v) is 2.94. The van der Waals surface area contributed by atoms with Crippen LogP contribution in [-0.2, 0) is 9.53 Å². The molecular formula is C12H18N2O3S. The molecule has 3 N–H and O–H groups in total. The van der Waals surface area contributed by atoms with Gasteiger partial charge in [-0.1, -0.05) is 0 Å². The lowest BCUT2D eigenvalue weighted by molar-refractivity contribution is -0.130. The van der Waals surface area contributed by atoms with Gasteiger partial charge in [0.1, 0.15) is 4.88 Å². The quantitative estimate of drug-likeness (QED) is 0.820. The van der Waals surface area contributed by atoms with Crippen LogP contribution in [-0.4, -0.2) is 23.5 Å². The number of amides is 1. The molecule has 0 bridgehead atoms. The number of thiophene rings is 1. The summed E-state index contributed by atoms with van der Waals surface area (Å²) in [4.78, 5) is 23.8. The Bertz CT molecular complexity index is 448. The molecule has 0 aliphatic rings. The molecule has 5 nitrogen and oxygen atoms in total. The zero-order valence-electron chi connectivity index (χ0n) is 10.9. The van der Waals surface area contributed by atoms with Gasteiger partial charge in [-0.3, -0.25) is 4.79 Å². The van der Waals surface area contributed by atoms with Crippen molar-refractivity contribution in [1.82, 2.24) is 5.32 Å². The van der Waals surface area contributed by atoms with Crippen molar-refractivity contribution in [3.63, 3.8) is 0 Å². The first-order chi connectivity index (χ1) is 8.20. The highest BCUT2D eigenvalue weighted by Crippen LogP contribution is 2.20. The number of ether oxygens (including phenoxy) is 1. The molecule has 1 unspecified atom stereocenters. The van der Waals surface area contributed by atoms with Crippen LogP contribution in [0, 0.1) is 0 Å². The first-order valence-electron chi connectivity index (χ1n) is 5.56. The number of nitrogen functional groups attached to an aromatic ring is 1. The van der Waals surface area contributed by atoms with E-state index in [0.717, 1.165) is 0 Å². The Morgan fingerprint density at radius 3 is 2.50 bits per heavy atom. The number of rotatable bonds is 3. The second-order valence-corrected chi connectivity index (χ2v) is 5.91. The minimum Gasteiger partial charge on any atom is -0.448 e. The maximum Gasteiger partial charge on any atom is 0.351 e. The van der Waals surface area contributed by atoms with Crippen molar-refractivity contribution in [2.75, 3.05) is 5.73 Å². The second-order valence-electron chi connectivity index (χ2n) is 4.99. The molecule has 0 spiro atoms. The first-order valence-corrected chi connectivity index (χ1v) is 6.44. The van der Waals surface area contributed by atoms with Crippen molar-refractivity contribution in [2.24, 2.45) is 0 Å². The lowest BCUT2D eigenvalue weighted by Gasteiger charge is -2.23. The van der Waals surface area contributed by atoms with Gasteiger partial charge in [-0.2, -0.15) is 0 Å². The van der Waals surface area contributed by atoms with Crippen LogP contribution >= 0.6 is 11.3 Å². The molecule has 0 aliphatic heterocycles. The predicted molar refractivity (Wildman–Crippen MR) is 71.5 cm³/mol. The first kappa shape index (κ1) is 14.5. The van der Waals surface area contributed by atoms with Crippen LogP contribution in [0.3, 0.4) is 0 Å². The average Bonchev–Trinajstić information content (AvgIpc) is 2.61. The zero-order chi connectivity index (χ0) is 13.9. The monoisotopic (exact) mass is 270 g/mol. The fraction of sp³-hybridized carbons (Fsp3) is 0.500. The molecule has 1 aromatic heterocycles. The highest BCUT2D eigenvalue weighted by molar-refractivity contribution is 7.12. The van der Waals surface area contributed by atoms with Gasteiger partial charge in [0, 0.05) is 5.54 Å². The molecular weight excluding hydrogens is 252 g/mol. The maximum absolute atomic E-state index is 11.7. The molecule has 1 rings (SSSR count). The van der Waals surface area contributed by atoms with Crippen molar-refractivity contribution in [3.05, 3.63) is 16.3 Å². The van der Waals surface area contributed by atoms with E-state index in [-0.39, 0.29) is 11.4 Å². The molecule has 1 heterocycles. The van der Waals surface area contributed by atoms with E-state index in [1.165, 1.54) is 18.3 Å². The Morgan fingerprint density at radius 1 is 1.44 bits per heavy atom. The van der Waals surface area contributed by atoms with E-state index in [1.54, 1.807) is 11.4 Å². The van der Waals surface area contributed by atoms with Gasteiger partial charge in [0.05, 0.1) is 5.69 Å². The SMILES string of the molecule is CC(OC(=O)c1sccc1N)C(=O)NC(C)(C)C. The van der Waals surface area contributed by atoms with Crippen LogP contribution in [0.4, 0.5) is 5.69 Å². The van der Waals surface area contributed by atoms with Crippen molar-refractivity contribution < 1.29 is 14.3 Å². The summed E-state index contributed by atoms with van der Waals surface area (Å²) in [5.41, 5.74) is 5.61. The number of nitrogens with two attached hydrogens (primary N) is 1. The van der Waals surface area contributed by atoms with Gasteiger partial charge in [0.2, 0.25) is 0 Å². The number of carbonyl (C=O) groups is 2. The Hall–Kier alpha value is -1.56. The summed E-state index contributed by atoms with van der Waals surface area (Å²) >= 11 is 1.19. The molecule has 1 aromatic rings. The molecule has 0 saturated carbocycles. The summed E-state index contributed by atoms with van der Waals surface area (Å²) in [6.07, 6.45) is -0.849. The van der Waals surface area contributed by atoms with E-state index >= 15 is 0 Å². The number of nitrogens with one attached hydrogen (secondary N) is 1. The van der Waals surface area contributed by atoms with Crippen LogP contribution in [0.1, 0.15) is 37.4 Å². The van der Waals surface area contributed by atoms with Crippen LogP contribution in [0.25, 0.3) is 0 Å². The highest BCUT2D eigenvalue weighted by atomic mass is 32.1. The minimum atomic E-state index is -0.849. The fourth-order valence-electron chi connectivity index (χ4n) is 1.22. The Balaban J connectivity index is 2.60. The third-order valence-electron chi connectivity index (χ3n) is 2.03. The van der Waals surface area contributed by atoms with Crippen molar-refractivity contribution in [3.8, 4) is 0 Å². The average molecular weight is 270 g/mol. The second kappa shape index (κ2) is 5.39. The summed E-state index contributed by atoms with van der Waals surface area (Å²) in [7, 11) is 0. The van der Waals surface area contributed by atoms with E-state index in [1.807, 2.05) is 20.8 Å². The van der Waals surface area contributed by atoms with Crippen LogP contribution < -0.4 is 11.1 Å². The van der Waals surface area contributed by atoms with Gasteiger partial charge in [-0.05, 0) is 39.1 Å². The predicted octanol–water partition coefficient (Wildman–Crippen LogP) is 1.79. The van der Waals surface area contributed by atoms with Crippen molar-refractivity contribution in [1.29, 1.82) is 0 Å². The molecule has 18 heavy (non-hydrogen) atoms. The molecule has 0 aromatic carbocycles. The van der Waals surface area contributed by atoms with E-state index in [4.69, 9.17) is 10.5 Å². The molecule has 6 heteroatoms. The zero-order valence-corrected chi connectivity index (χ0v) is 11.8. The molecule has 0 radical (unpaired) electrons. The van der Waals surface area contributed by atoms with Gasteiger partial charge >= 0.3 is 5.97 Å². The number of anilines is 1. The van der Waals surface area contributed by atoms with Crippen LogP contribution in [0.2, 0.25) is 0 Å². The summed E-state index contributed by atoms with van der Waals surface area (Å²) in [6, 6.07) is 1.63. The number of hydrogen-bond donors (Lipinski definition) is 2. The molecule has 1 atom stereocenters. The Morgan fingerprint density at radius 2 is 2.06 bits per heavy atom. The smallest absolute Gasteiger partial charge is 0.351 e. The largest absolute Gasteiger partial charge is 0.448 e. The Kier molecular flexibility index (Phi) is 4.34. The normalized spacial score (nSPS) is 12.9. The van der Waals surface area contributed by atoms with Crippen LogP contribution in [0.15, 0.2) is 11.4 Å². The van der Waals surface area contributed by atoms with Crippen molar-refractivity contribution in [2.45, 2.75) is 39.3 Å². The molecule has 0 fully saturated rings. The fourth-order valence-corrected chi connectivity index (χ4v) is 1.92. The summed E-state index contributed by atoms with van der Waals surface area (Å²) in [5, 5.41) is 4.44. The molecule has 100 valence electrons. The minimum absolute atomic E-state index is 0.324. The van der Waals surface area contributed by atoms with Gasteiger partial charge in [-0.15, -0.1) is 11.3 Å². The highest BCUT2D eigenvalue weighted by Gasteiger charge is 2.24. The molecule has 1 amide bonds.